The van der Waals surface area contributed by atoms with Crippen LogP contribution >= 0.6 is 7.92 Å². The van der Waals surface area contributed by atoms with Gasteiger partial charge in [0.05, 0.1) is 68.3 Å². The molecular weight excluding hydrogens is 1400 g/mol. The molecule has 9 heterocycles. The van der Waals surface area contributed by atoms with E-state index in [1.165, 1.54) is 15.9 Å². The first-order valence-electron chi connectivity index (χ1n) is 24.7. The first-order valence-corrected chi connectivity index (χ1v) is 26.1. The third kappa shape index (κ3) is 23.9. The smallest absolute Gasteiger partial charge is 0.512 e. The zero-order valence-corrected chi connectivity index (χ0v) is 51.2. The van der Waals surface area contributed by atoms with Crippen LogP contribution in [0.1, 0.15) is 0 Å². The minimum absolute atomic E-state index is 0. The number of hydrogen-bond donors (Lipinski definition) is 0. The molecule has 0 spiro atoms. The summed E-state index contributed by atoms with van der Waals surface area (Å²) < 4.78 is 0. The third-order valence-electron chi connectivity index (χ3n) is 10.9. The van der Waals surface area contributed by atoms with Crippen LogP contribution in [0.3, 0.4) is 0 Å². The van der Waals surface area contributed by atoms with E-state index in [2.05, 4.69) is 136 Å². The van der Waals surface area contributed by atoms with Crippen molar-refractivity contribution < 1.29 is 57.6 Å². The van der Waals surface area contributed by atoms with Crippen molar-refractivity contribution in [2.75, 3.05) is 0 Å². The number of nitrogens with zero attached hydrogens (tertiary/aromatic N) is 14. The quantitative estimate of drug-likeness (QED) is 0.0743. The van der Waals surface area contributed by atoms with Gasteiger partial charge in [0, 0.05) is 37.2 Å². The van der Waals surface area contributed by atoms with Crippen LogP contribution in [0.5, 0.6) is 0 Å². The number of benzene rings is 3. The normalized spacial score (nSPS) is 8.87. The van der Waals surface area contributed by atoms with Crippen molar-refractivity contribution in [2.45, 2.75) is 0 Å². The first kappa shape index (κ1) is 73.7. The van der Waals surface area contributed by atoms with Gasteiger partial charge in [-0.15, -0.1) is 0 Å². The molecule has 12 rings (SSSR count). The maximum Gasteiger partial charge on any atom is 2.00 e. The second-order valence-corrected chi connectivity index (χ2v) is 18.1. The van der Waals surface area contributed by atoms with Crippen molar-refractivity contribution >= 4 is 23.8 Å². The third-order valence-corrected chi connectivity index (χ3v) is 13.3. The van der Waals surface area contributed by atoms with E-state index in [0.717, 1.165) is 68.3 Å². The molecule has 0 unspecified atom stereocenters. The van der Waals surface area contributed by atoms with Crippen molar-refractivity contribution in [2.24, 2.45) is 0 Å². The molecule has 0 saturated heterocycles. The van der Waals surface area contributed by atoms with Crippen molar-refractivity contribution in [3.05, 3.63) is 325 Å². The molecule has 0 N–H and O–H groups in total. The monoisotopic (exact) mass is 1450 g/mol. The molecule has 0 fully saturated rings. The number of pyridine rings is 9. The summed E-state index contributed by atoms with van der Waals surface area (Å²) >= 11 is 0. The van der Waals surface area contributed by atoms with Gasteiger partial charge in [-0.1, -0.05) is 146 Å². The van der Waals surface area contributed by atoms with Gasteiger partial charge in [-0.3, -0.25) is 29.9 Å². The molecular formula is C68H48CuN14PPtRu. The van der Waals surface area contributed by atoms with Crippen molar-refractivity contribution in [3.8, 4) is 68.3 Å². The summed E-state index contributed by atoms with van der Waals surface area (Å²) in [5.74, 6) is 0. The van der Waals surface area contributed by atoms with Gasteiger partial charge >= 0.3 is 57.6 Å². The van der Waals surface area contributed by atoms with Gasteiger partial charge < -0.3 is 59.2 Å². The molecule has 0 bridgehead atoms. The molecule has 3 aromatic carbocycles. The molecule has 14 nitrogen and oxygen atoms in total. The van der Waals surface area contributed by atoms with Crippen LogP contribution in [0, 0.1) is 59.2 Å². The van der Waals surface area contributed by atoms with Gasteiger partial charge in [0.25, 0.3) is 0 Å². The Morgan fingerprint density at radius 2 is 0.360 bits per heavy atom. The molecule has 0 radical (unpaired) electrons. The standard InChI is InChI=1S/C18H15P.3C15H11N3.5CN.Cu.Pt.Ru/c1-4-10-16(11-5-1)19(17-12-6-2-7-13-17)18-14-8-3-9-15-18;3*1-3-10-16-12(6-1)14-8-5-9-15(18-14)13-7-2-4-11-17-13;5*1-2;;;/h1-15H;3*1-11H;;;;;;;;/q;;;;5*-1;+1;2*+2. The maximum atomic E-state index is 6.25. The predicted octanol–water partition coefficient (Wildman–Crippen LogP) is 13.5. The average molecular weight is 1450 g/mol. The molecule has 424 valence electrons. The Hall–Kier alpha value is -10.3. The van der Waals surface area contributed by atoms with Gasteiger partial charge in [-0.05, 0) is 133 Å². The predicted molar refractivity (Wildman–Crippen MR) is 322 cm³/mol. The van der Waals surface area contributed by atoms with Crippen molar-refractivity contribution in [1.29, 1.82) is 26.3 Å². The van der Waals surface area contributed by atoms with E-state index < -0.39 is 7.92 Å². The van der Waals surface area contributed by atoms with E-state index in [4.69, 9.17) is 59.2 Å². The Labute approximate surface area is 541 Å². The summed E-state index contributed by atoms with van der Waals surface area (Å²) in [6.07, 6.45) is 10.6. The second kappa shape index (κ2) is 45.3. The zero-order valence-electron chi connectivity index (χ0n) is 45.4. The van der Waals surface area contributed by atoms with Gasteiger partial charge in [-0.25, -0.2) is 15.0 Å². The second-order valence-electron chi connectivity index (χ2n) is 15.9. The van der Waals surface area contributed by atoms with Crippen LogP contribution in [0.4, 0.5) is 0 Å². The fourth-order valence-corrected chi connectivity index (χ4v) is 9.73. The fourth-order valence-electron chi connectivity index (χ4n) is 7.42. The Kier molecular flexibility index (Phi) is 38.8. The van der Waals surface area contributed by atoms with E-state index in [-0.39, 0.29) is 57.6 Å². The molecule has 0 aliphatic carbocycles. The largest absolute Gasteiger partial charge is 2.00 e. The van der Waals surface area contributed by atoms with E-state index in [1.54, 1.807) is 37.2 Å². The molecule has 0 aliphatic rings. The topological polar surface area (TPSA) is 235 Å². The fraction of sp³-hybridized carbons (Fsp3) is 0. The SMILES string of the molecule is [C-]#N.[C-]#N.[C-]#N.[C-]#N.[C-]#N.[Cu+].[Pt+2].[Ru+2].c1ccc(-c2cccc(-c3ccccn3)n2)nc1.c1ccc(-c2cccc(-c3ccccn3)n2)nc1.c1ccc(-c2cccc(-c3ccccn3)n2)nc1.c1ccc(P(c2ccccc2)c2ccccc2)cc1. The van der Waals surface area contributed by atoms with Crippen LogP contribution in [0.25, 0.3) is 68.3 Å². The minimum atomic E-state index is -0.446. The van der Waals surface area contributed by atoms with E-state index in [0.29, 0.717) is 0 Å². The summed E-state index contributed by atoms with van der Waals surface area (Å²) in [5.41, 5.74) is 10.4. The molecule has 0 aliphatic heterocycles. The average Bonchev–Trinajstić information content (AvgIpc) is 3.78. The van der Waals surface area contributed by atoms with E-state index >= 15 is 0 Å². The number of aromatic nitrogens is 9. The Morgan fingerprint density at radius 1 is 0.209 bits per heavy atom. The number of rotatable bonds is 9. The van der Waals surface area contributed by atoms with Crippen molar-refractivity contribution in [3.63, 3.8) is 0 Å². The molecule has 12 aromatic rings. The van der Waals surface area contributed by atoms with E-state index in [9.17, 15) is 0 Å². The van der Waals surface area contributed by atoms with Crippen LogP contribution < -0.4 is 15.9 Å². The zero-order chi connectivity index (χ0) is 59.5. The van der Waals surface area contributed by atoms with Gasteiger partial charge in [0.2, 0.25) is 0 Å². The Bertz CT molecular complexity index is 3200. The van der Waals surface area contributed by atoms with E-state index in [1.807, 2.05) is 164 Å². The first-order chi connectivity index (χ1) is 41.2. The molecule has 86 heavy (non-hydrogen) atoms. The maximum absolute atomic E-state index is 6.25. The molecule has 0 atom stereocenters. The summed E-state index contributed by atoms with van der Waals surface area (Å²) in [4.78, 5) is 39.6. The molecule has 0 saturated carbocycles. The van der Waals surface area contributed by atoms with Crippen LogP contribution in [-0.4, -0.2) is 44.9 Å². The Morgan fingerprint density at radius 3 is 0.512 bits per heavy atom. The summed E-state index contributed by atoms with van der Waals surface area (Å²) in [6.45, 7) is 23.8. The van der Waals surface area contributed by atoms with Gasteiger partial charge in [0.1, 0.15) is 0 Å². The summed E-state index contributed by atoms with van der Waals surface area (Å²) in [7, 11) is -0.446. The Balaban J connectivity index is 0.000000540. The number of hydrogen-bond acceptors (Lipinski definition) is 14. The molecule has 0 amide bonds. The van der Waals surface area contributed by atoms with Crippen LogP contribution in [0.2, 0.25) is 0 Å². The molecule has 18 heteroatoms. The van der Waals surface area contributed by atoms with Crippen LogP contribution in [0.15, 0.2) is 292 Å². The van der Waals surface area contributed by atoms with Gasteiger partial charge in [0.15, 0.2) is 0 Å². The van der Waals surface area contributed by atoms with Crippen LogP contribution in [-0.2, 0) is 57.6 Å². The molecule has 9 aromatic heterocycles. The summed E-state index contributed by atoms with van der Waals surface area (Å²) in [6, 6.07) is 84.8. The van der Waals surface area contributed by atoms with Crippen molar-refractivity contribution in [1.82, 2.24) is 44.9 Å². The minimum Gasteiger partial charge on any atom is -0.512 e. The van der Waals surface area contributed by atoms with Gasteiger partial charge in [-0.2, -0.15) is 0 Å². The summed E-state index contributed by atoms with van der Waals surface area (Å²) in [5, 5.41) is 35.4.